The highest BCUT2D eigenvalue weighted by atomic mass is 15.1. The second-order valence-corrected chi connectivity index (χ2v) is 19.6. The van der Waals surface area contributed by atoms with Gasteiger partial charge in [0.25, 0.3) is 0 Å². The van der Waals surface area contributed by atoms with Gasteiger partial charge in [-0.1, -0.05) is 172 Å². The van der Waals surface area contributed by atoms with Crippen LogP contribution in [0.15, 0.2) is 206 Å². The number of hydrogen-bond acceptors (Lipinski definition) is 2. The lowest BCUT2D eigenvalue weighted by atomic mass is 9.82. The van der Waals surface area contributed by atoms with Gasteiger partial charge in [0.2, 0.25) is 0 Å². The molecule has 66 heavy (non-hydrogen) atoms. The van der Waals surface area contributed by atoms with Gasteiger partial charge in [-0.25, -0.2) is 0 Å². The summed E-state index contributed by atoms with van der Waals surface area (Å²) in [5.41, 5.74) is 22.3. The molecular weight excluding hydrogens is 797 g/mol. The molecule has 0 N–H and O–H groups in total. The summed E-state index contributed by atoms with van der Waals surface area (Å²) in [6.45, 7) is 13.8. The average molecular weight is 849 g/mol. The van der Waals surface area contributed by atoms with Crippen molar-refractivity contribution in [2.75, 3.05) is 9.80 Å². The zero-order chi connectivity index (χ0) is 44.9. The number of nitrogens with zero attached hydrogens (tertiary/aromatic N) is 2. The van der Waals surface area contributed by atoms with Gasteiger partial charge in [0, 0.05) is 45.0 Å². The first-order valence-electron chi connectivity index (χ1n) is 23.3. The van der Waals surface area contributed by atoms with Gasteiger partial charge in [0.15, 0.2) is 0 Å². The van der Waals surface area contributed by atoms with Crippen LogP contribution in [0.2, 0.25) is 0 Å². The summed E-state index contributed by atoms with van der Waals surface area (Å²) in [5.74, 6) is 0. The maximum atomic E-state index is 2.43. The summed E-state index contributed by atoms with van der Waals surface area (Å²) in [6, 6.07) is 77.0. The first-order valence-corrected chi connectivity index (χ1v) is 23.3. The van der Waals surface area contributed by atoms with Crippen molar-refractivity contribution in [3.05, 3.63) is 240 Å². The Hall–Kier alpha value is -7.68. The van der Waals surface area contributed by atoms with Crippen LogP contribution in [-0.2, 0) is 10.8 Å². The standard InChI is InChI=1S/C64H52N2/c1-41-15-25-47(26-16-41)65(51-33-35-55-59(39-51)63(3,4)57-37-23-45-11-7-9-13-53(45)61(55)57)49-29-19-43(20-30-49)44-21-31-50(32-22-44)66(48-27-17-42(2)18-28-48)52-34-36-56-60(40-52)64(5,6)58-38-24-46-12-8-10-14-54(46)62(56)58/h7-40H,1-6H3. The minimum absolute atomic E-state index is 0.132. The molecule has 0 radical (unpaired) electrons. The summed E-state index contributed by atoms with van der Waals surface area (Å²) < 4.78 is 0. The topological polar surface area (TPSA) is 6.48 Å². The molecule has 2 heteroatoms. The lowest BCUT2D eigenvalue weighted by Crippen LogP contribution is -2.16. The van der Waals surface area contributed by atoms with E-state index in [-0.39, 0.29) is 10.8 Å². The minimum Gasteiger partial charge on any atom is -0.310 e. The lowest BCUT2D eigenvalue weighted by molar-refractivity contribution is 0.661. The molecule has 2 aliphatic rings. The molecule has 318 valence electrons. The normalized spacial score (nSPS) is 13.8. The second kappa shape index (κ2) is 14.9. The Morgan fingerprint density at radius 3 is 1.02 bits per heavy atom. The quantitative estimate of drug-likeness (QED) is 0.158. The van der Waals surface area contributed by atoms with Gasteiger partial charge >= 0.3 is 0 Å². The van der Waals surface area contributed by atoms with Crippen LogP contribution in [0, 0.1) is 13.8 Å². The van der Waals surface area contributed by atoms with Crippen molar-refractivity contribution in [2.24, 2.45) is 0 Å². The summed E-state index contributed by atoms with van der Waals surface area (Å²) in [7, 11) is 0. The molecule has 0 spiro atoms. The van der Waals surface area contributed by atoms with Gasteiger partial charge in [-0.3, -0.25) is 0 Å². The second-order valence-electron chi connectivity index (χ2n) is 19.6. The number of benzene rings is 10. The molecule has 12 rings (SSSR count). The van der Waals surface area contributed by atoms with E-state index in [1.807, 2.05) is 0 Å². The van der Waals surface area contributed by atoms with Gasteiger partial charge in [-0.2, -0.15) is 0 Å². The van der Waals surface area contributed by atoms with Crippen molar-refractivity contribution in [3.8, 4) is 33.4 Å². The molecule has 0 amide bonds. The van der Waals surface area contributed by atoms with Crippen molar-refractivity contribution in [3.63, 3.8) is 0 Å². The molecule has 0 aromatic heterocycles. The summed E-state index contributed by atoms with van der Waals surface area (Å²) in [5, 5.41) is 5.22. The van der Waals surface area contributed by atoms with E-state index in [9.17, 15) is 0 Å². The molecule has 10 aromatic rings. The van der Waals surface area contributed by atoms with Crippen molar-refractivity contribution in [1.29, 1.82) is 0 Å². The Balaban J connectivity index is 0.894. The largest absolute Gasteiger partial charge is 0.310 e. The Kier molecular flexibility index (Phi) is 9.03. The van der Waals surface area contributed by atoms with Gasteiger partial charge in [0.05, 0.1) is 0 Å². The van der Waals surface area contributed by atoms with Crippen LogP contribution in [-0.4, -0.2) is 0 Å². The smallest absolute Gasteiger partial charge is 0.0465 e. The summed E-state index contributed by atoms with van der Waals surface area (Å²) >= 11 is 0. The van der Waals surface area contributed by atoms with Gasteiger partial charge in [-0.15, -0.1) is 0 Å². The van der Waals surface area contributed by atoms with Gasteiger partial charge < -0.3 is 9.80 Å². The van der Waals surface area contributed by atoms with E-state index >= 15 is 0 Å². The minimum atomic E-state index is -0.132. The Morgan fingerprint density at radius 2 is 0.636 bits per heavy atom. The Bertz CT molecular complexity index is 3280. The molecule has 2 nitrogen and oxygen atoms in total. The van der Waals surface area contributed by atoms with Crippen molar-refractivity contribution in [1.82, 2.24) is 0 Å². The van der Waals surface area contributed by atoms with Crippen molar-refractivity contribution < 1.29 is 0 Å². The molecule has 0 fully saturated rings. The third kappa shape index (κ3) is 6.23. The van der Waals surface area contributed by atoms with E-state index in [1.54, 1.807) is 0 Å². The monoisotopic (exact) mass is 848 g/mol. The maximum absolute atomic E-state index is 2.43. The van der Waals surface area contributed by atoms with Gasteiger partial charge in [-0.05, 0) is 164 Å². The zero-order valence-electron chi connectivity index (χ0n) is 38.5. The molecule has 0 saturated carbocycles. The molecule has 0 bridgehead atoms. The SMILES string of the molecule is Cc1ccc(N(c2ccc(-c3ccc(N(c4ccc(C)cc4)c4ccc5c(c4)C(C)(C)c4ccc6ccccc6c4-5)cc3)cc2)c2ccc3c(c2)C(C)(C)c2ccc4ccccc4c2-3)cc1. The number of fused-ring (bicyclic) bond motifs is 10. The third-order valence-electron chi connectivity index (χ3n) is 14.8. The molecule has 0 atom stereocenters. The van der Waals surface area contributed by atoms with E-state index < -0.39 is 0 Å². The number of hydrogen-bond donors (Lipinski definition) is 0. The lowest BCUT2D eigenvalue weighted by Gasteiger charge is -2.28. The predicted octanol–water partition coefficient (Wildman–Crippen LogP) is 17.8. The van der Waals surface area contributed by atoms with Crippen molar-refractivity contribution >= 4 is 55.7 Å². The van der Waals surface area contributed by atoms with Crippen LogP contribution in [0.25, 0.3) is 54.9 Å². The van der Waals surface area contributed by atoms with E-state index in [1.165, 1.54) is 88.3 Å². The van der Waals surface area contributed by atoms with Crippen LogP contribution in [0.1, 0.15) is 61.1 Å². The number of rotatable bonds is 7. The number of anilines is 6. The third-order valence-corrected chi connectivity index (χ3v) is 14.8. The molecule has 0 aliphatic heterocycles. The molecule has 0 unspecified atom stereocenters. The van der Waals surface area contributed by atoms with Crippen LogP contribution >= 0.6 is 0 Å². The van der Waals surface area contributed by atoms with E-state index in [4.69, 9.17) is 0 Å². The highest BCUT2D eigenvalue weighted by Crippen LogP contribution is 2.55. The molecule has 2 aliphatic carbocycles. The fourth-order valence-corrected chi connectivity index (χ4v) is 11.2. The molecule has 0 heterocycles. The van der Waals surface area contributed by atoms with E-state index in [2.05, 4.69) is 258 Å². The van der Waals surface area contributed by atoms with Crippen LogP contribution < -0.4 is 9.80 Å². The first-order chi connectivity index (χ1) is 32.0. The van der Waals surface area contributed by atoms with Crippen molar-refractivity contribution in [2.45, 2.75) is 52.4 Å². The van der Waals surface area contributed by atoms with E-state index in [0.717, 1.165) is 34.1 Å². The molecule has 0 saturated heterocycles. The van der Waals surface area contributed by atoms with Crippen LogP contribution in [0.3, 0.4) is 0 Å². The zero-order valence-corrected chi connectivity index (χ0v) is 38.5. The fraction of sp³-hybridized carbons (Fsp3) is 0.125. The number of aryl methyl sites for hydroxylation is 2. The fourth-order valence-electron chi connectivity index (χ4n) is 11.2. The average Bonchev–Trinajstić information content (AvgIpc) is 3.72. The summed E-state index contributed by atoms with van der Waals surface area (Å²) in [6.07, 6.45) is 0. The van der Waals surface area contributed by atoms with Gasteiger partial charge in [0.1, 0.15) is 0 Å². The predicted molar refractivity (Wildman–Crippen MR) is 281 cm³/mol. The molecule has 10 aromatic carbocycles. The highest BCUT2D eigenvalue weighted by Gasteiger charge is 2.38. The van der Waals surface area contributed by atoms with Crippen LogP contribution in [0.4, 0.5) is 34.1 Å². The molecular formula is C64H52N2. The highest BCUT2D eigenvalue weighted by molar-refractivity contribution is 6.04. The summed E-state index contributed by atoms with van der Waals surface area (Å²) in [4.78, 5) is 4.81. The first kappa shape index (κ1) is 39.9. The Morgan fingerprint density at radius 1 is 0.303 bits per heavy atom. The Labute approximate surface area is 389 Å². The van der Waals surface area contributed by atoms with Crippen LogP contribution in [0.5, 0.6) is 0 Å². The maximum Gasteiger partial charge on any atom is 0.0465 e. The van der Waals surface area contributed by atoms with E-state index in [0.29, 0.717) is 0 Å².